The van der Waals surface area contributed by atoms with Crippen molar-refractivity contribution in [3.8, 4) is 0 Å². The minimum atomic E-state index is -3.52. The van der Waals surface area contributed by atoms with E-state index in [-0.39, 0.29) is 17.1 Å². The van der Waals surface area contributed by atoms with E-state index in [1.54, 1.807) is 13.0 Å². The average Bonchev–Trinajstić information content (AvgIpc) is 2.90. The van der Waals surface area contributed by atoms with Gasteiger partial charge in [0, 0.05) is 6.07 Å². The Labute approximate surface area is 121 Å². The van der Waals surface area contributed by atoms with E-state index < -0.39 is 16.0 Å². The van der Waals surface area contributed by atoms with Crippen LogP contribution >= 0.6 is 0 Å². The molecule has 1 aromatic carbocycles. The van der Waals surface area contributed by atoms with Crippen molar-refractivity contribution in [3.63, 3.8) is 0 Å². The van der Waals surface area contributed by atoms with Crippen LogP contribution in [0.5, 0.6) is 0 Å². The first-order valence-electron chi connectivity index (χ1n) is 6.05. The number of aryl methyl sites for hydroxylation is 1. The Kier molecular flexibility index (Phi) is 4.39. The van der Waals surface area contributed by atoms with Gasteiger partial charge in [0.25, 0.3) is 0 Å². The van der Waals surface area contributed by atoms with Crippen molar-refractivity contribution >= 4 is 16.0 Å². The SMILES string of the molecule is CNS(=O)(=O)c1ccc(C(=O)OCc2cc(C)no2)cc1. The van der Waals surface area contributed by atoms with Crippen LogP contribution < -0.4 is 4.72 Å². The highest BCUT2D eigenvalue weighted by molar-refractivity contribution is 7.89. The number of benzene rings is 1. The number of carbonyl (C=O) groups excluding carboxylic acids is 1. The molecule has 0 atom stereocenters. The molecular weight excluding hydrogens is 296 g/mol. The maximum atomic E-state index is 11.8. The van der Waals surface area contributed by atoms with E-state index in [2.05, 4.69) is 9.88 Å². The summed E-state index contributed by atoms with van der Waals surface area (Å²) in [5.41, 5.74) is 0.948. The second-order valence-corrected chi connectivity index (χ2v) is 6.13. The normalized spacial score (nSPS) is 11.3. The fraction of sp³-hybridized carbons (Fsp3) is 0.231. The summed E-state index contributed by atoms with van der Waals surface area (Å²) in [5.74, 6) is -0.132. The van der Waals surface area contributed by atoms with Crippen molar-refractivity contribution in [3.05, 3.63) is 47.3 Å². The molecule has 1 N–H and O–H groups in total. The summed E-state index contributed by atoms with van der Waals surface area (Å²) in [6, 6.07) is 7.11. The van der Waals surface area contributed by atoms with Crippen LogP contribution in [0, 0.1) is 6.92 Å². The number of hydrogen-bond acceptors (Lipinski definition) is 6. The summed E-state index contributed by atoms with van der Waals surface area (Å²) in [7, 11) is -2.20. The van der Waals surface area contributed by atoms with Gasteiger partial charge in [0.1, 0.15) is 0 Å². The molecule has 0 unspecified atom stereocenters. The summed E-state index contributed by atoms with van der Waals surface area (Å²) in [6.45, 7) is 1.73. The Morgan fingerprint density at radius 2 is 2.00 bits per heavy atom. The summed E-state index contributed by atoms with van der Waals surface area (Å²) >= 11 is 0. The maximum Gasteiger partial charge on any atom is 0.338 e. The number of esters is 1. The third kappa shape index (κ3) is 3.67. The highest BCUT2D eigenvalue weighted by Gasteiger charge is 2.14. The van der Waals surface area contributed by atoms with Gasteiger partial charge in [-0.05, 0) is 38.2 Å². The zero-order chi connectivity index (χ0) is 15.5. The molecule has 0 aliphatic carbocycles. The second kappa shape index (κ2) is 6.06. The van der Waals surface area contributed by atoms with Crippen molar-refractivity contribution in [1.82, 2.24) is 9.88 Å². The van der Waals surface area contributed by atoms with E-state index in [0.717, 1.165) is 0 Å². The topological polar surface area (TPSA) is 98.5 Å². The Morgan fingerprint density at radius 1 is 1.33 bits per heavy atom. The molecule has 0 saturated heterocycles. The molecule has 1 heterocycles. The number of hydrogen-bond donors (Lipinski definition) is 1. The molecular formula is C13H14N2O5S. The summed E-state index contributed by atoms with van der Waals surface area (Å²) in [6.07, 6.45) is 0. The fourth-order valence-electron chi connectivity index (χ4n) is 1.59. The van der Waals surface area contributed by atoms with E-state index in [1.165, 1.54) is 31.3 Å². The Bertz CT molecular complexity index is 734. The molecule has 0 fully saturated rings. The molecule has 8 heteroatoms. The van der Waals surface area contributed by atoms with Crippen LogP contribution in [0.2, 0.25) is 0 Å². The molecule has 2 aromatic rings. The van der Waals surface area contributed by atoms with Gasteiger partial charge in [-0.15, -0.1) is 0 Å². The minimum Gasteiger partial charge on any atom is -0.454 e. The third-order valence-corrected chi connectivity index (χ3v) is 4.12. The maximum absolute atomic E-state index is 11.8. The van der Waals surface area contributed by atoms with Crippen LogP contribution in [0.25, 0.3) is 0 Å². The van der Waals surface area contributed by atoms with Crippen LogP contribution in [0.15, 0.2) is 39.8 Å². The lowest BCUT2D eigenvalue weighted by molar-refractivity contribution is 0.0437. The molecule has 0 amide bonds. The van der Waals surface area contributed by atoms with Crippen LogP contribution in [0.1, 0.15) is 21.8 Å². The van der Waals surface area contributed by atoms with Crippen molar-refractivity contribution in [2.75, 3.05) is 7.05 Å². The van der Waals surface area contributed by atoms with Gasteiger partial charge in [-0.25, -0.2) is 17.9 Å². The average molecular weight is 310 g/mol. The van der Waals surface area contributed by atoms with Crippen LogP contribution in [-0.4, -0.2) is 26.6 Å². The van der Waals surface area contributed by atoms with Gasteiger partial charge in [-0.3, -0.25) is 0 Å². The summed E-state index contributed by atoms with van der Waals surface area (Å²) in [4.78, 5) is 11.9. The molecule has 0 radical (unpaired) electrons. The lowest BCUT2D eigenvalue weighted by atomic mass is 10.2. The van der Waals surface area contributed by atoms with Crippen molar-refractivity contribution in [2.45, 2.75) is 18.4 Å². The molecule has 21 heavy (non-hydrogen) atoms. The number of aromatic nitrogens is 1. The molecule has 112 valence electrons. The number of rotatable bonds is 5. The van der Waals surface area contributed by atoms with E-state index in [9.17, 15) is 13.2 Å². The first-order chi connectivity index (χ1) is 9.92. The molecule has 0 aliphatic heterocycles. The van der Waals surface area contributed by atoms with Crippen LogP contribution in [0.4, 0.5) is 0 Å². The Hall–Kier alpha value is -2.19. The largest absolute Gasteiger partial charge is 0.454 e. The quantitative estimate of drug-likeness (QED) is 0.834. The van der Waals surface area contributed by atoms with Gasteiger partial charge in [0.05, 0.1) is 16.2 Å². The van der Waals surface area contributed by atoms with E-state index in [1.807, 2.05) is 0 Å². The second-order valence-electron chi connectivity index (χ2n) is 4.24. The van der Waals surface area contributed by atoms with Crippen molar-refractivity contribution in [2.24, 2.45) is 0 Å². The summed E-state index contributed by atoms with van der Waals surface area (Å²) in [5, 5.41) is 3.68. The minimum absolute atomic E-state index is 0.0315. The number of sulfonamides is 1. The Morgan fingerprint density at radius 3 is 2.52 bits per heavy atom. The predicted molar refractivity (Wildman–Crippen MR) is 73.0 cm³/mol. The Balaban J connectivity index is 2.03. The predicted octanol–water partition coefficient (Wildman–Crippen LogP) is 1.25. The molecule has 0 aliphatic rings. The van der Waals surface area contributed by atoms with Crippen molar-refractivity contribution < 1.29 is 22.5 Å². The smallest absolute Gasteiger partial charge is 0.338 e. The number of ether oxygens (including phenoxy) is 1. The molecule has 0 saturated carbocycles. The molecule has 0 bridgehead atoms. The zero-order valence-electron chi connectivity index (χ0n) is 11.5. The van der Waals surface area contributed by atoms with Crippen molar-refractivity contribution in [1.29, 1.82) is 0 Å². The van der Waals surface area contributed by atoms with E-state index in [4.69, 9.17) is 9.26 Å². The number of nitrogens with one attached hydrogen (secondary N) is 1. The van der Waals surface area contributed by atoms with Gasteiger partial charge in [0.2, 0.25) is 10.0 Å². The first-order valence-corrected chi connectivity index (χ1v) is 7.53. The van der Waals surface area contributed by atoms with Gasteiger partial charge in [-0.2, -0.15) is 0 Å². The highest BCUT2D eigenvalue weighted by atomic mass is 32.2. The lowest BCUT2D eigenvalue weighted by Gasteiger charge is -2.05. The van der Waals surface area contributed by atoms with Gasteiger partial charge in [0.15, 0.2) is 12.4 Å². The monoisotopic (exact) mass is 310 g/mol. The first kappa shape index (κ1) is 15.2. The number of carbonyl (C=O) groups is 1. The summed E-state index contributed by atoms with van der Waals surface area (Å²) < 4.78 is 35.2. The number of nitrogens with zero attached hydrogens (tertiary/aromatic N) is 1. The fourth-order valence-corrected chi connectivity index (χ4v) is 2.32. The van der Waals surface area contributed by atoms with Gasteiger partial charge < -0.3 is 9.26 Å². The lowest BCUT2D eigenvalue weighted by Crippen LogP contribution is -2.18. The van der Waals surface area contributed by atoms with Gasteiger partial charge >= 0.3 is 5.97 Å². The molecule has 0 spiro atoms. The van der Waals surface area contributed by atoms with E-state index in [0.29, 0.717) is 11.5 Å². The zero-order valence-corrected chi connectivity index (χ0v) is 12.3. The molecule has 7 nitrogen and oxygen atoms in total. The van der Waals surface area contributed by atoms with E-state index >= 15 is 0 Å². The third-order valence-electron chi connectivity index (χ3n) is 2.69. The van der Waals surface area contributed by atoms with Crippen LogP contribution in [-0.2, 0) is 21.4 Å². The molecule has 1 aromatic heterocycles. The standard InChI is InChI=1S/C13H14N2O5S/c1-9-7-11(20-15-9)8-19-13(16)10-3-5-12(6-4-10)21(17,18)14-2/h3-7,14H,8H2,1-2H3. The van der Waals surface area contributed by atoms with Crippen LogP contribution in [0.3, 0.4) is 0 Å². The highest BCUT2D eigenvalue weighted by Crippen LogP contribution is 2.12. The van der Waals surface area contributed by atoms with Gasteiger partial charge in [-0.1, -0.05) is 5.16 Å². The molecule has 2 rings (SSSR count).